The first-order valence-corrected chi connectivity index (χ1v) is 17.1. The largest absolute Gasteiger partial charge is 0.494 e. The molecule has 0 heterocycles. The molecule has 0 unspecified atom stereocenters. The number of benzene rings is 4. The van der Waals surface area contributed by atoms with Gasteiger partial charge in [0.1, 0.15) is 24.2 Å². The van der Waals surface area contributed by atoms with Gasteiger partial charge in [-0.25, -0.2) is 12.8 Å². The number of hydrogen-bond donors (Lipinski definition) is 1. The molecule has 0 fully saturated rings. The van der Waals surface area contributed by atoms with E-state index in [1.54, 1.807) is 12.1 Å². The highest BCUT2D eigenvalue weighted by atomic mass is 32.2. The number of amides is 2. The molecule has 47 heavy (non-hydrogen) atoms. The van der Waals surface area contributed by atoms with Crippen molar-refractivity contribution in [2.24, 2.45) is 5.92 Å². The first-order chi connectivity index (χ1) is 22.5. The zero-order valence-corrected chi connectivity index (χ0v) is 28.0. The second-order valence-electron chi connectivity index (χ2n) is 11.7. The fourth-order valence-electron chi connectivity index (χ4n) is 5.00. The monoisotopic (exact) mass is 659 g/mol. The number of sulfonamides is 1. The van der Waals surface area contributed by atoms with E-state index in [4.69, 9.17) is 4.74 Å². The smallest absolute Gasteiger partial charge is 0.264 e. The molecule has 0 bridgehead atoms. The lowest BCUT2D eigenvalue weighted by atomic mass is 10.0. The number of halogens is 1. The van der Waals surface area contributed by atoms with Gasteiger partial charge in [0.25, 0.3) is 10.0 Å². The molecule has 0 aliphatic heterocycles. The van der Waals surface area contributed by atoms with E-state index in [1.807, 2.05) is 82.3 Å². The third-order valence-electron chi connectivity index (χ3n) is 7.55. The van der Waals surface area contributed by atoms with E-state index in [-0.39, 0.29) is 35.4 Å². The molecule has 0 saturated heterocycles. The molecule has 0 saturated carbocycles. The first-order valence-electron chi connectivity index (χ1n) is 15.7. The first kappa shape index (κ1) is 35.2. The van der Waals surface area contributed by atoms with Crippen molar-refractivity contribution in [2.45, 2.75) is 51.6 Å². The lowest BCUT2D eigenvalue weighted by molar-refractivity contribution is -0.140. The number of hydrogen-bond acceptors (Lipinski definition) is 5. The second kappa shape index (κ2) is 16.2. The van der Waals surface area contributed by atoms with Crippen LogP contribution in [0.25, 0.3) is 0 Å². The SMILES string of the molecule is CCOc1ccc(S(=O)(=O)N(CC(=O)N(Cc2ccc(C)cc2)[C@H](Cc2ccccc2)C(=O)NCC(C)C)c2ccc(F)cc2)cc1. The molecule has 1 atom stereocenters. The summed E-state index contributed by atoms with van der Waals surface area (Å²) in [5, 5.41) is 2.98. The average Bonchev–Trinajstić information content (AvgIpc) is 3.06. The summed E-state index contributed by atoms with van der Waals surface area (Å²) in [6.07, 6.45) is 0.213. The summed E-state index contributed by atoms with van der Waals surface area (Å²) >= 11 is 0. The van der Waals surface area contributed by atoms with Crippen molar-refractivity contribution in [3.05, 3.63) is 126 Å². The highest BCUT2D eigenvalue weighted by Gasteiger charge is 2.34. The summed E-state index contributed by atoms with van der Waals surface area (Å²) in [6.45, 7) is 7.99. The molecule has 2 amide bonds. The van der Waals surface area contributed by atoms with Gasteiger partial charge in [-0.05, 0) is 79.4 Å². The Kier molecular flexibility index (Phi) is 12.1. The Morgan fingerprint density at radius 1 is 0.851 bits per heavy atom. The van der Waals surface area contributed by atoms with Crippen LogP contribution < -0.4 is 14.4 Å². The van der Waals surface area contributed by atoms with Crippen molar-refractivity contribution in [3.63, 3.8) is 0 Å². The molecule has 8 nitrogen and oxygen atoms in total. The predicted octanol–water partition coefficient (Wildman–Crippen LogP) is 6.14. The molecule has 0 spiro atoms. The van der Waals surface area contributed by atoms with E-state index in [0.717, 1.165) is 33.1 Å². The molecule has 4 aromatic rings. The summed E-state index contributed by atoms with van der Waals surface area (Å²) in [5.74, 6) is -0.818. The minimum absolute atomic E-state index is 0.0616. The van der Waals surface area contributed by atoms with Gasteiger partial charge in [-0.3, -0.25) is 13.9 Å². The number of ether oxygens (including phenoxy) is 1. The number of nitrogens with zero attached hydrogens (tertiary/aromatic N) is 2. The van der Waals surface area contributed by atoms with Crippen LogP contribution >= 0.6 is 0 Å². The van der Waals surface area contributed by atoms with Crippen molar-refractivity contribution >= 4 is 27.5 Å². The topological polar surface area (TPSA) is 96.0 Å². The van der Waals surface area contributed by atoms with Crippen molar-refractivity contribution in [1.29, 1.82) is 0 Å². The van der Waals surface area contributed by atoms with E-state index >= 15 is 0 Å². The van der Waals surface area contributed by atoms with Crippen LogP contribution in [0.15, 0.2) is 108 Å². The standard InChI is InChI=1S/C37H42FN3O5S/c1-5-46-33-19-21-34(22-20-33)47(44,45)41(32-17-15-31(38)16-18-32)26-36(42)40(25-30-13-11-28(4)12-14-30)35(37(43)39-24-27(2)3)23-29-9-7-6-8-10-29/h6-22,27,35H,5,23-26H2,1-4H3,(H,39,43)/t35-/m1/s1. The minimum atomic E-state index is -4.32. The molecule has 0 aliphatic rings. The molecular formula is C37H42FN3O5S. The van der Waals surface area contributed by atoms with Gasteiger partial charge in [0.15, 0.2) is 0 Å². The van der Waals surface area contributed by atoms with Gasteiger partial charge in [-0.2, -0.15) is 0 Å². The number of carbonyl (C=O) groups is 2. The number of carbonyl (C=O) groups excluding carboxylic acids is 2. The summed E-state index contributed by atoms with van der Waals surface area (Å²) in [5.41, 5.74) is 2.76. The zero-order valence-electron chi connectivity index (χ0n) is 27.2. The molecule has 1 N–H and O–H groups in total. The molecule has 0 aliphatic carbocycles. The zero-order chi connectivity index (χ0) is 34.0. The molecular weight excluding hydrogens is 617 g/mol. The lowest BCUT2D eigenvalue weighted by Crippen LogP contribution is -2.53. The fourth-order valence-corrected chi connectivity index (χ4v) is 6.42. The Balaban J connectivity index is 1.78. The van der Waals surface area contributed by atoms with E-state index < -0.39 is 34.3 Å². The normalized spacial score (nSPS) is 12.0. The third kappa shape index (κ3) is 9.65. The number of aryl methyl sites for hydroxylation is 1. The molecule has 248 valence electrons. The van der Waals surface area contributed by atoms with Gasteiger partial charge in [0.2, 0.25) is 11.8 Å². The maximum atomic E-state index is 14.5. The second-order valence-corrected chi connectivity index (χ2v) is 13.6. The van der Waals surface area contributed by atoms with Crippen LogP contribution in [-0.4, -0.2) is 50.9 Å². The van der Waals surface area contributed by atoms with E-state index in [9.17, 15) is 22.4 Å². The van der Waals surface area contributed by atoms with Gasteiger partial charge < -0.3 is 15.0 Å². The average molecular weight is 660 g/mol. The van der Waals surface area contributed by atoms with Crippen LogP contribution in [0.3, 0.4) is 0 Å². The summed E-state index contributed by atoms with van der Waals surface area (Å²) in [7, 11) is -4.32. The third-order valence-corrected chi connectivity index (χ3v) is 9.33. The lowest BCUT2D eigenvalue weighted by Gasteiger charge is -2.34. The summed E-state index contributed by atoms with van der Waals surface area (Å²) in [4.78, 5) is 29.7. The van der Waals surface area contributed by atoms with Crippen molar-refractivity contribution in [3.8, 4) is 5.75 Å². The fraction of sp³-hybridized carbons (Fsp3) is 0.297. The van der Waals surface area contributed by atoms with Gasteiger partial charge in [0.05, 0.1) is 17.2 Å². The van der Waals surface area contributed by atoms with Crippen molar-refractivity contribution in [2.75, 3.05) is 24.0 Å². The Labute approximate surface area is 277 Å². The molecule has 0 aromatic heterocycles. The van der Waals surface area contributed by atoms with Crippen LogP contribution in [0.2, 0.25) is 0 Å². The minimum Gasteiger partial charge on any atom is -0.494 e. The highest BCUT2D eigenvalue weighted by molar-refractivity contribution is 7.92. The number of rotatable bonds is 15. The van der Waals surface area contributed by atoms with E-state index in [0.29, 0.717) is 18.9 Å². The van der Waals surface area contributed by atoms with Crippen molar-refractivity contribution in [1.82, 2.24) is 10.2 Å². The summed E-state index contributed by atoms with van der Waals surface area (Å²) < 4.78 is 48.7. The molecule has 0 radical (unpaired) electrons. The van der Waals surface area contributed by atoms with Gasteiger partial charge >= 0.3 is 0 Å². The van der Waals surface area contributed by atoms with Gasteiger partial charge in [-0.15, -0.1) is 0 Å². The Hall–Kier alpha value is -4.70. The van der Waals surface area contributed by atoms with Crippen LogP contribution in [0.4, 0.5) is 10.1 Å². The van der Waals surface area contributed by atoms with Crippen molar-refractivity contribution < 1.29 is 27.1 Å². The van der Waals surface area contributed by atoms with Crippen LogP contribution in [0.5, 0.6) is 5.75 Å². The Morgan fingerprint density at radius 3 is 2.09 bits per heavy atom. The van der Waals surface area contributed by atoms with E-state index in [2.05, 4.69) is 5.32 Å². The molecule has 4 aromatic carbocycles. The molecule has 10 heteroatoms. The van der Waals surface area contributed by atoms with Gasteiger partial charge in [-0.1, -0.05) is 74.0 Å². The summed E-state index contributed by atoms with van der Waals surface area (Å²) in [6, 6.07) is 26.8. The molecule has 4 rings (SSSR count). The highest BCUT2D eigenvalue weighted by Crippen LogP contribution is 2.27. The predicted molar refractivity (Wildman–Crippen MR) is 182 cm³/mol. The maximum absolute atomic E-state index is 14.5. The number of nitrogens with one attached hydrogen (secondary N) is 1. The van der Waals surface area contributed by atoms with Crippen LogP contribution in [0, 0.1) is 18.7 Å². The Bertz CT molecular complexity index is 1710. The van der Waals surface area contributed by atoms with Crippen LogP contribution in [-0.2, 0) is 32.6 Å². The maximum Gasteiger partial charge on any atom is 0.264 e. The van der Waals surface area contributed by atoms with Crippen LogP contribution in [0.1, 0.15) is 37.5 Å². The van der Waals surface area contributed by atoms with Gasteiger partial charge in [0, 0.05) is 19.5 Å². The number of anilines is 1. The quantitative estimate of drug-likeness (QED) is 0.166. The van der Waals surface area contributed by atoms with E-state index in [1.165, 1.54) is 29.2 Å². The Morgan fingerprint density at radius 2 is 1.49 bits per heavy atom.